The molecule has 1 aromatic heterocycles. The second-order valence-corrected chi connectivity index (χ2v) is 6.08. The van der Waals surface area contributed by atoms with Crippen LogP contribution in [0.5, 0.6) is 0 Å². The topological polar surface area (TPSA) is 96.6 Å². The Hall–Kier alpha value is -1.83. The standard InChI is InChI=1S/C12H10ClNO5S/c13-11-2-1-9(5-10(11)12(15)16)20(17,18)14-6-8-3-4-19-7-8/h1-5,7,14H,6H2,(H,15,16). The van der Waals surface area contributed by atoms with Crippen molar-refractivity contribution in [2.24, 2.45) is 0 Å². The van der Waals surface area contributed by atoms with Crippen LogP contribution in [-0.2, 0) is 16.6 Å². The molecule has 1 heterocycles. The van der Waals surface area contributed by atoms with Crippen molar-refractivity contribution < 1.29 is 22.7 Å². The first-order valence-electron chi connectivity index (χ1n) is 5.44. The summed E-state index contributed by atoms with van der Waals surface area (Å²) in [6.07, 6.45) is 2.83. The highest BCUT2D eigenvalue weighted by atomic mass is 35.5. The molecule has 0 saturated carbocycles. The first kappa shape index (κ1) is 14.6. The average Bonchev–Trinajstić information content (AvgIpc) is 2.89. The summed E-state index contributed by atoms with van der Waals surface area (Å²) in [7, 11) is -3.82. The third-order valence-electron chi connectivity index (χ3n) is 2.52. The van der Waals surface area contributed by atoms with E-state index in [1.807, 2.05) is 0 Å². The van der Waals surface area contributed by atoms with Gasteiger partial charge in [0.15, 0.2) is 0 Å². The Balaban J connectivity index is 2.25. The molecule has 0 aliphatic carbocycles. The first-order valence-corrected chi connectivity index (χ1v) is 7.30. The summed E-state index contributed by atoms with van der Waals surface area (Å²) in [4.78, 5) is 10.8. The van der Waals surface area contributed by atoms with Crippen LogP contribution in [0, 0.1) is 0 Å². The number of carboxylic acid groups (broad SMARTS) is 1. The van der Waals surface area contributed by atoms with Gasteiger partial charge in [-0.1, -0.05) is 11.6 Å². The minimum absolute atomic E-state index is 0.0220. The summed E-state index contributed by atoms with van der Waals surface area (Å²) in [5.74, 6) is -1.29. The molecule has 6 nitrogen and oxygen atoms in total. The predicted octanol–water partition coefficient (Wildman–Crippen LogP) is 2.11. The van der Waals surface area contributed by atoms with Crippen molar-refractivity contribution >= 4 is 27.6 Å². The monoisotopic (exact) mass is 315 g/mol. The highest BCUT2D eigenvalue weighted by molar-refractivity contribution is 7.89. The van der Waals surface area contributed by atoms with Gasteiger partial charge in [-0.05, 0) is 24.3 Å². The molecule has 0 radical (unpaired) electrons. The second-order valence-electron chi connectivity index (χ2n) is 3.90. The Morgan fingerprint density at radius 1 is 1.35 bits per heavy atom. The van der Waals surface area contributed by atoms with E-state index in [0.717, 1.165) is 6.07 Å². The average molecular weight is 316 g/mol. The van der Waals surface area contributed by atoms with Gasteiger partial charge in [-0.25, -0.2) is 17.9 Å². The van der Waals surface area contributed by atoms with Crippen molar-refractivity contribution in [1.29, 1.82) is 0 Å². The van der Waals surface area contributed by atoms with E-state index in [0.29, 0.717) is 5.56 Å². The fourth-order valence-corrected chi connectivity index (χ4v) is 2.73. The van der Waals surface area contributed by atoms with Crippen molar-refractivity contribution in [2.45, 2.75) is 11.4 Å². The van der Waals surface area contributed by atoms with Gasteiger partial charge in [0.2, 0.25) is 10.0 Å². The van der Waals surface area contributed by atoms with Crippen LogP contribution in [-0.4, -0.2) is 19.5 Å². The minimum Gasteiger partial charge on any atom is -0.478 e. The maximum Gasteiger partial charge on any atom is 0.337 e. The number of carbonyl (C=O) groups is 1. The van der Waals surface area contributed by atoms with Crippen LogP contribution < -0.4 is 4.72 Å². The van der Waals surface area contributed by atoms with Crippen LogP contribution in [0.2, 0.25) is 5.02 Å². The van der Waals surface area contributed by atoms with E-state index in [-0.39, 0.29) is 22.0 Å². The number of halogens is 1. The van der Waals surface area contributed by atoms with Gasteiger partial charge in [-0.3, -0.25) is 0 Å². The molecule has 0 amide bonds. The molecule has 20 heavy (non-hydrogen) atoms. The van der Waals surface area contributed by atoms with Gasteiger partial charge in [-0.15, -0.1) is 0 Å². The van der Waals surface area contributed by atoms with Crippen LogP contribution in [0.15, 0.2) is 46.1 Å². The van der Waals surface area contributed by atoms with E-state index in [1.165, 1.54) is 24.7 Å². The normalized spacial score (nSPS) is 11.4. The Labute approximate surface area is 120 Å². The Kier molecular flexibility index (Phi) is 4.12. The number of hydrogen-bond donors (Lipinski definition) is 2. The smallest absolute Gasteiger partial charge is 0.337 e. The van der Waals surface area contributed by atoms with E-state index in [2.05, 4.69) is 4.72 Å². The minimum atomic E-state index is -3.82. The van der Waals surface area contributed by atoms with E-state index >= 15 is 0 Å². The lowest BCUT2D eigenvalue weighted by Crippen LogP contribution is -2.23. The molecular formula is C12H10ClNO5S. The first-order chi connectivity index (χ1) is 9.40. The van der Waals surface area contributed by atoms with E-state index in [9.17, 15) is 13.2 Å². The highest BCUT2D eigenvalue weighted by Gasteiger charge is 2.18. The van der Waals surface area contributed by atoms with Crippen LogP contribution in [0.4, 0.5) is 0 Å². The third kappa shape index (κ3) is 3.19. The lowest BCUT2D eigenvalue weighted by Gasteiger charge is -2.07. The largest absolute Gasteiger partial charge is 0.478 e. The number of aromatic carboxylic acids is 1. The fourth-order valence-electron chi connectivity index (χ4n) is 1.49. The summed E-state index contributed by atoms with van der Waals surface area (Å²) in [5.41, 5.74) is 0.388. The molecule has 0 aliphatic heterocycles. The molecule has 0 saturated heterocycles. The van der Waals surface area contributed by atoms with Crippen molar-refractivity contribution in [2.75, 3.05) is 0 Å². The Morgan fingerprint density at radius 2 is 2.10 bits per heavy atom. The molecular weight excluding hydrogens is 306 g/mol. The van der Waals surface area contributed by atoms with E-state index in [4.69, 9.17) is 21.1 Å². The zero-order chi connectivity index (χ0) is 14.8. The SMILES string of the molecule is O=C(O)c1cc(S(=O)(=O)NCc2ccoc2)ccc1Cl. The molecule has 2 aromatic rings. The van der Waals surface area contributed by atoms with Crippen LogP contribution in [0.3, 0.4) is 0 Å². The van der Waals surface area contributed by atoms with Gasteiger partial charge in [0.1, 0.15) is 0 Å². The third-order valence-corrected chi connectivity index (χ3v) is 4.25. The predicted molar refractivity (Wildman–Crippen MR) is 71.1 cm³/mol. The Morgan fingerprint density at radius 3 is 2.70 bits per heavy atom. The lowest BCUT2D eigenvalue weighted by atomic mass is 10.2. The molecule has 1 aromatic carbocycles. The fraction of sp³-hybridized carbons (Fsp3) is 0.0833. The van der Waals surface area contributed by atoms with Gasteiger partial charge in [0.25, 0.3) is 0 Å². The molecule has 0 fully saturated rings. The molecule has 0 spiro atoms. The maximum absolute atomic E-state index is 12.0. The quantitative estimate of drug-likeness (QED) is 0.880. The van der Waals surface area contributed by atoms with E-state index < -0.39 is 16.0 Å². The van der Waals surface area contributed by atoms with Crippen LogP contribution in [0.25, 0.3) is 0 Å². The molecule has 0 unspecified atom stereocenters. The molecule has 106 valence electrons. The maximum atomic E-state index is 12.0. The number of hydrogen-bond acceptors (Lipinski definition) is 4. The molecule has 8 heteroatoms. The lowest BCUT2D eigenvalue weighted by molar-refractivity contribution is 0.0697. The van der Waals surface area contributed by atoms with Gasteiger partial charge in [-0.2, -0.15) is 0 Å². The highest BCUT2D eigenvalue weighted by Crippen LogP contribution is 2.20. The van der Waals surface area contributed by atoms with Crippen molar-refractivity contribution in [1.82, 2.24) is 4.72 Å². The molecule has 2 N–H and O–H groups in total. The summed E-state index contributed by atoms with van der Waals surface area (Å²) >= 11 is 5.69. The van der Waals surface area contributed by atoms with Gasteiger partial charge in [0.05, 0.1) is 28.0 Å². The summed E-state index contributed by atoms with van der Waals surface area (Å²) in [5, 5.41) is 8.90. The summed E-state index contributed by atoms with van der Waals surface area (Å²) < 4.78 is 31.2. The molecule has 0 bridgehead atoms. The zero-order valence-corrected chi connectivity index (χ0v) is 11.6. The number of rotatable bonds is 5. The Bertz CT molecular complexity index is 724. The number of benzene rings is 1. The number of sulfonamides is 1. The van der Waals surface area contributed by atoms with Crippen molar-refractivity contribution in [3.05, 3.63) is 52.9 Å². The zero-order valence-electron chi connectivity index (χ0n) is 10.0. The molecule has 0 atom stereocenters. The van der Waals surface area contributed by atoms with E-state index in [1.54, 1.807) is 6.07 Å². The van der Waals surface area contributed by atoms with Gasteiger partial charge in [0, 0.05) is 12.1 Å². The number of carboxylic acids is 1. The summed E-state index contributed by atoms with van der Waals surface area (Å²) in [6.45, 7) is 0.0455. The van der Waals surface area contributed by atoms with Crippen molar-refractivity contribution in [3.8, 4) is 0 Å². The molecule has 2 rings (SSSR count). The number of nitrogens with one attached hydrogen (secondary N) is 1. The van der Waals surface area contributed by atoms with Gasteiger partial charge >= 0.3 is 5.97 Å². The number of furan rings is 1. The summed E-state index contributed by atoms with van der Waals surface area (Å²) in [6, 6.07) is 5.11. The van der Waals surface area contributed by atoms with Crippen molar-refractivity contribution in [3.63, 3.8) is 0 Å². The van der Waals surface area contributed by atoms with Crippen LogP contribution in [0.1, 0.15) is 15.9 Å². The van der Waals surface area contributed by atoms with Crippen LogP contribution >= 0.6 is 11.6 Å². The van der Waals surface area contributed by atoms with Gasteiger partial charge < -0.3 is 9.52 Å². The molecule has 0 aliphatic rings. The second kappa shape index (κ2) is 5.66.